The zero-order valence-corrected chi connectivity index (χ0v) is 15.6. The maximum Gasteiger partial charge on any atom is 0.248 e. The van der Waals surface area contributed by atoms with Gasteiger partial charge in [0.15, 0.2) is 0 Å². The predicted molar refractivity (Wildman–Crippen MR) is 99.8 cm³/mol. The van der Waals surface area contributed by atoms with Crippen LogP contribution in [0.3, 0.4) is 0 Å². The predicted octanol–water partition coefficient (Wildman–Crippen LogP) is 2.03. The third kappa shape index (κ3) is 3.53. The lowest BCUT2D eigenvalue weighted by Gasteiger charge is -2.40. The largest absolute Gasteiger partial charge is 0.354 e. The third-order valence-corrected chi connectivity index (χ3v) is 6.22. The zero-order valence-electron chi connectivity index (χ0n) is 14.8. The van der Waals surface area contributed by atoms with Gasteiger partial charge in [-0.05, 0) is 60.1 Å². The Morgan fingerprint density at radius 1 is 1.31 bits per heavy atom. The Morgan fingerprint density at radius 2 is 2.12 bits per heavy atom. The second-order valence-corrected chi connectivity index (χ2v) is 8.10. The molecule has 0 radical (unpaired) electrons. The van der Waals surface area contributed by atoms with Crippen molar-refractivity contribution in [3.63, 3.8) is 0 Å². The van der Waals surface area contributed by atoms with Gasteiger partial charge in [-0.25, -0.2) is 0 Å². The third-order valence-electron chi connectivity index (χ3n) is 5.49. The van der Waals surface area contributed by atoms with Crippen LogP contribution in [0.5, 0.6) is 0 Å². The normalized spacial score (nSPS) is 19.3. The number of likely N-dealkylation sites (tertiary alicyclic amines) is 1. The fourth-order valence-electron chi connectivity index (χ4n) is 3.61. The molecule has 2 aliphatic rings. The summed E-state index contributed by atoms with van der Waals surface area (Å²) in [7, 11) is 0. The van der Waals surface area contributed by atoms with E-state index in [4.69, 9.17) is 0 Å². The molecule has 0 unspecified atom stereocenters. The van der Waals surface area contributed by atoms with Crippen molar-refractivity contribution in [1.82, 2.24) is 20.0 Å². The summed E-state index contributed by atoms with van der Waals surface area (Å²) in [5.41, 5.74) is 0.378. The summed E-state index contributed by atoms with van der Waals surface area (Å²) in [5.74, 6) is 0.815. The van der Waals surface area contributed by atoms with Gasteiger partial charge in [0.1, 0.15) is 5.54 Å². The number of piperidine rings is 1. The maximum absolute atomic E-state index is 13.0. The van der Waals surface area contributed by atoms with Crippen molar-refractivity contribution in [2.24, 2.45) is 5.92 Å². The van der Waals surface area contributed by atoms with E-state index in [9.17, 15) is 9.59 Å². The van der Waals surface area contributed by atoms with Crippen molar-refractivity contribution >= 4 is 23.2 Å². The van der Waals surface area contributed by atoms with E-state index >= 15 is 0 Å². The SMILES string of the molecule is O=C(Cc1ccsc1)N1CCC(C(=O)NCC2CC2)(n2cccn2)CC1. The molecular formula is C19H24N4O2S. The fraction of sp³-hybridized carbons (Fsp3) is 0.526. The van der Waals surface area contributed by atoms with Gasteiger partial charge in [-0.2, -0.15) is 16.4 Å². The summed E-state index contributed by atoms with van der Waals surface area (Å²) in [4.78, 5) is 27.5. The highest BCUT2D eigenvalue weighted by atomic mass is 32.1. The first-order valence-corrected chi connectivity index (χ1v) is 10.2. The van der Waals surface area contributed by atoms with Gasteiger partial charge in [-0.15, -0.1) is 0 Å². The molecule has 6 nitrogen and oxygen atoms in total. The summed E-state index contributed by atoms with van der Waals surface area (Å²) in [6.07, 6.45) is 7.62. The van der Waals surface area contributed by atoms with Gasteiger partial charge in [-0.1, -0.05) is 0 Å². The standard InChI is InChI=1S/C19H24N4O2S/c24-17(12-16-4-11-26-14-16)22-9-5-19(6-10-22,23-8-1-7-21-23)18(25)20-13-15-2-3-15/h1,4,7-8,11,14-15H,2-3,5-6,9-10,12-13H2,(H,20,25). The van der Waals surface area contributed by atoms with Gasteiger partial charge in [0, 0.05) is 32.0 Å². The number of amides is 2. The van der Waals surface area contributed by atoms with Gasteiger partial charge < -0.3 is 10.2 Å². The summed E-state index contributed by atoms with van der Waals surface area (Å²) >= 11 is 1.61. The minimum absolute atomic E-state index is 0.0398. The number of nitrogens with one attached hydrogen (secondary N) is 1. The van der Waals surface area contributed by atoms with Crippen LogP contribution in [-0.2, 0) is 21.5 Å². The summed E-state index contributed by atoms with van der Waals surface area (Å²) in [5, 5.41) is 11.5. The molecule has 0 spiro atoms. The minimum atomic E-state index is -0.683. The molecule has 2 aromatic rings. The zero-order chi connectivity index (χ0) is 18.0. The minimum Gasteiger partial charge on any atom is -0.354 e. The molecule has 138 valence electrons. The maximum atomic E-state index is 13.0. The molecule has 1 saturated heterocycles. The number of aromatic nitrogens is 2. The van der Waals surface area contributed by atoms with Crippen LogP contribution in [0, 0.1) is 5.92 Å². The van der Waals surface area contributed by atoms with E-state index in [2.05, 4.69) is 10.4 Å². The highest BCUT2D eigenvalue weighted by Gasteiger charge is 2.44. The van der Waals surface area contributed by atoms with Crippen LogP contribution in [0.15, 0.2) is 35.3 Å². The fourth-order valence-corrected chi connectivity index (χ4v) is 4.28. The first-order chi connectivity index (χ1) is 12.7. The second kappa shape index (κ2) is 7.23. The van der Waals surface area contributed by atoms with Crippen LogP contribution in [0.1, 0.15) is 31.2 Å². The van der Waals surface area contributed by atoms with Crippen LogP contribution in [0.25, 0.3) is 0 Å². The molecule has 3 heterocycles. The van der Waals surface area contributed by atoms with E-state index in [0.717, 1.165) is 12.1 Å². The molecule has 26 heavy (non-hydrogen) atoms. The number of thiophene rings is 1. The molecule has 1 aliphatic carbocycles. The van der Waals surface area contributed by atoms with E-state index in [1.54, 1.807) is 22.2 Å². The highest BCUT2D eigenvalue weighted by Crippen LogP contribution is 2.32. The lowest BCUT2D eigenvalue weighted by Crippen LogP contribution is -2.56. The number of hydrogen-bond acceptors (Lipinski definition) is 4. The highest BCUT2D eigenvalue weighted by molar-refractivity contribution is 7.08. The molecule has 1 N–H and O–H groups in total. The summed E-state index contributed by atoms with van der Waals surface area (Å²) in [6, 6.07) is 3.84. The van der Waals surface area contributed by atoms with Crippen LogP contribution < -0.4 is 5.32 Å². The topological polar surface area (TPSA) is 67.2 Å². The molecule has 0 bridgehead atoms. The monoisotopic (exact) mass is 372 g/mol. The molecule has 1 aliphatic heterocycles. The number of nitrogens with zero attached hydrogens (tertiary/aromatic N) is 3. The van der Waals surface area contributed by atoms with Crippen LogP contribution in [0.4, 0.5) is 0 Å². The quantitative estimate of drug-likeness (QED) is 0.844. The molecule has 1 saturated carbocycles. The Hall–Kier alpha value is -2.15. The lowest BCUT2D eigenvalue weighted by atomic mass is 9.86. The smallest absolute Gasteiger partial charge is 0.248 e. The van der Waals surface area contributed by atoms with Crippen molar-refractivity contribution in [3.8, 4) is 0 Å². The van der Waals surface area contributed by atoms with Gasteiger partial charge >= 0.3 is 0 Å². The van der Waals surface area contributed by atoms with E-state index in [1.807, 2.05) is 34.0 Å². The first kappa shape index (κ1) is 17.3. The summed E-state index contributed by atoms with van der Waals surface area (Å²) < 4.78 is 1.79. The summed E-state index contributed by atoms with van der Waals surface area (Å²) in [6.45, 7) is 1.92. The average Bonchev–Trinajstić information content (AvgIpc) is 3.11. The Bertz CT molecular complexity index is 745. The number of hydrogen-bond donors (Lipinski definition) is 1. The van der Waals surface area contributed by atoms with E-state index in [1.165, 1.54) is 12.8 Å². The van der Waals surface area contributed by atoms with E-state index in [0.29, 0.717) is 38.3 Å². The molecule has 0 atom stereocenters. The van der Waals surface area contributed by atoms with Crippen molar-refractivity contribution < 1.29 is 9.59 Å². The van der Waals surface area contributed by atoms with Gasteiger partial charge in [0.2, 0.25) is 11.8 Å². The Morgan fingerprint density at radius 3 is 2.73 bits per heavy atom. The van der Waals surface area contributed by atoms with Crippen LogP contribution in [0.2, 0.25) is 0 Å². The molecule has 2 amide bonds. The van der Waals surface area contributed by atoms with Crippen molar-refractivity contribution in [2.75, 3.05) is 19.6 Å². The number of carbonyl (C=O) groups is 2. The lowest BCUT2D eigenvalue weighted by molar-refractivity contribution is -0.139. The van der Waals surface area contributed by atoms with Crippen molar-refractivity contribution in [2.45, 2.75) is 37.6 Å². The van der Waals surface area contributed by atoms with Gasteiger partial charge in [0.25, 0.3) is 0 Å². The van der Waals surface area contributed by atoms with Crippen molar-refractivity contribution in [1.29, 1.82) is 0 Å². The average molecular weight is 372 g/mol. The van der Waals surface area contributed by atoms with Crippen LogP contribution >= 0.6 is 11.3 Å². The Kier molecular flexibility index (Phi) is 4.80. The molecule has 2 aromatic heterocycles. The molecule has 0 aromatic carbocycles. The van der Waals surface area contributed by atoms with E-state index < -0.39 is 5.54 Å². The molecule has 7 heteroatoms. The number of rotatable bonds is 6. The van der Waals surface area contributed by atoms with E-state index in [-0.39, 0.29) is 11.8 Å². The molecule has 4 rings (SSSR count). The van der Waals surface area contributed by atoms with Crippen molar-refractivity contribution in [3.05, 3.63) is 40.8 Å². The molecular weight excluding hydrogens is 348 g/mol. The Labute approximate surface area is 157 Å². The number of carbonyl (C=O) groups excluding carboxylic acids is 2. The van der Waals surface area contributed by atoms with Crippen LogP contribution in [-0.4, -0.2) is 46.1 Å². The Balaban J connectivity index is 1.43. The molecule has 2 fully saturated rings. The van der Waals surface area contributed by atoms with Gasteiger partial charge in [-0.3, -0.25) is 14.3 Å². The first-order valence-electron chi connectivity index (χ1n) is 9.25. The van der Waals surface area contributed by atoms with Gasteiger partial charge in [0.05, 0.1) is 6.42 Å². The second-order valence-electron chi connectivity index (χ2n) is 7.32.